The van der Waals surface area contributed by atoms with Crippen molar-refractivity contribution in [3.8, 4) is 0 Å². The molecule has 2 amide bonds. The summed E-state index contributed by atoms with van der Waals surface area (Å²) >= 11 is 0. The topological polar surface area (TPSA) is 66.6 Å². The van der Waals surface area contributed by atoms with Crippen molar-refractivity contribution in [2.45, 2.75) is 38.6 Å². The molecule has 5 heteroatoms. The standard InChI is InChI=1S/C12H23N3O2/c1-3-6-10(13)12(17)14(2)9-11(16)15-7-4-5-8-15/h10H,3-9,13H2,1-2H3/t10-/m0/s1. The molecule has 0 aromatic carbocycles. The molecule has 0 aromatic rings. The average Bonchev–Trinajstić information content (AvgIpc) is 2.81. The number of carbonyl (C=O) groups is 2. The van der Waals surface area contributed by atoms with Gasteiger partial charge in [-0.3, -0.25) is 9.59 Å². The molecule has 0 saturated carbocycles. The lowest BCUT2D eigenvalue weighted by atomic mass is 10.1. The Morgan fingerprint density at radius 1 is 1.35 bits per heavy atom. The molecule has 1 rings (SSSR count). The molecule has 98 valence electrons. The third-order valence-electron chi connectivity index (χ3n) is 3.12. The maximum atomic E-state index is 11.8. The van der Waals surface area contributed by atoms with Crippen molar-refractivity contribution in [1.82, 2.24) is 9.80 Å². The van der Waals surface area contributed by atoms with Gasteiger partial charge in [-0.05, 0) is 19.3 Å². The number of likely N-dealkylation sites (tertiary alicyclic amines) is 1. The van der Waals surface area contributed by atoms with Gasteiger partial charge in [0, 0.05) is 20.1 Å². The number of rotatable bonds is 5. The summed E-state index contributed by atoms with van der Waals surface area (Å²) in [5, 5.41) is 0. The minimum atomic E-state index is -0.476. The summed E-state index contributed by atoms with van der Waals surface area (Å²) in [5.74, 6) is -0.110. The second-order valence-corrected chi connectivity index (χ2v) is 4.68. The fraction of sp³-hybridized carbons (Fsp3) is 0.833. The van der Waals surface area contributed by atoms with Gasteiger partial charge < -0.3 is 15.5 Å². The van der Waals surface area contributed by atoms with Crippen molar-refractivity contribution in [3.05, 3.63) is 0 Å². The Kier molecular flexibility index (Phi) is 5.41. The van der Waals surface area contributed by atoms with E-state index in [1.165, 1.54) is 4.90 Å². The minimum Gasteiger partial charge on any atom is -0.341 e. The van der Waals surface area contributed by atoms with Crippen molar-refractivity contribution >= 4 is 11.8 Å². The summed E-state index contributed by atoms with van der Waals surface area (Å²) in [7, 11) is 1.64. The zero-order valence-electron chi connectivity index (χ0n) is 10.8. The summed E-state index contributed by atoms with van der Waals surface area (Å²) in [4.78, 5) is 26.9. The zero-order valence-corrected chi connectivity index (χ0v) is 10.8. The second-order valence-electron chi connectivity index (χ2n) is 4.68. The van der Waals surface area contributed by atoms with E-state index in [2.05, 4.69) is 0 Å². The van der Waals surface area contributed by atoms with Crippen LogP contribution in [-0.4, -0.2) is 54.3 Å². The third kappa shape index (κ3) is 4.00. The number of hydrogen-bond donors (Lipinski definition) is 1. The molecule has 1 heterocycles. The van der Waals surface area contributed by atoms with Crippen molar-refractivity contribution in [2.24, 2.45) is 5.73 Å². The molecule has 17 heavy (non-hydrogen) atoms. The molecule has 0 unspecified atom stereocenters. The molecule has 0 bridgehead atoms. The monoisotopic (exact) mass is 241 g/mol. The molecule has 1 aliphatic rings. The number of nitrogens with zero attached hydrogens (tertiary/aromatic N) is 2. The predicted octanol–water partition coefficient (Wildman–Crippen LogP) is 0.195. The Balaban J connectivity index is 2.39. The van der Waals surface area contributed by atoms with E-state index >= 15 is 0 Å². The summed E-state index contributed by atoms with van der Waals surface area (Å²) in [6, 6.07) is -0.476. The second kappa shape index (κ2) is 6.59. The molecule has 1 atom stereocenters. The van der Waals surface area contributed by atoms with Gasteiger partial charge in [-0.15, -0.1) is 0 Å². The van der Waals surface area contributed by atoms with Crippen molar-refractivity contribution in [2.75, 3.05) is 26.7 Å². The normalized spacial score (nSPS) is 17.0. The number of amides is 2. The average molecular weight is 241 g/mol. The molecule has 0 aromatic heterocycles. The van der Waals surface area contributed by atoms with E-state index in [-0.39, 0.29) is 18.4 Å². The summed E-state index contributed by atoms with van der Waals surface area (Å²) < 4.78 is 0. The molecule has 1 fully saturated rings. The van der Waals surface area contributed by atoms with Crippen LogP contribution in [0.2, 0.25) is 0 Å². The van der Waals surface area contributed by atoms with E-state index in [0.29, 0.717) is 6.42 Å². The molecule has 2 N–H and O–H groups in total. The first-order chi connectivity index (χ1) is 8.06. The molecule has 1 aliphatic heterocycles. The highest BCUT2D eigenvalue weighted by atomic mass is 16.2. The lowest BCUT2D eigenvalue weighted by Gasteiger charge is -2.23. The van der Waals surface area contributed by atoms with Gasteiger partial charge in [0.2, 0.25) is 11.8 Å². The molecule has 0 spiro atoms. The highest BCUT2D eigenvalue weighted by Gasteiger charge is 2.23. The quantitative estimate of drug-likeness (QED) is 0.747. The van der Waals surface area contributed by atoms with E-state index in [9.17, 15) is 9.59 Å². The van der Waals surface area contributed by atoms with E-state index < -0.39 is 6.04 Å². The maximum Gasteiger partial charge on any atom is 0.242 e. The minimum absolute atomic E-state index is 0.0297. The van der Waals surface area contributed by atoms with Crippen LogP contribution < -0.4 is 5.73 Å². The number of nitrogens with two attached hydrogens (primary N) is 1. The number of carbonyl (C=O) groups excluding carboxylic acids is 2. The van der Waals surface area contributed by atoms with Crippen LogP contribution in [0.5, 0.6) is 0 Å². The van der Waals surface area contributed by atoms with E-state index in [0.717, 1.165) is 32.4 Å². The van der Waals surface area contributed by atoms with Crippen LogP contribution in [0.3, 0.4) is 0 Å². The highest BCUT2D eigenvalue weighted by Crippen LogP contribution is 2.08. The van der Waals surface area contributed by atoms with Crippen LogP contribution in [0.1, 0.15) is 32.6 Å². The van der Waals surface area contributed by atoms with Gasteiger partial charge in [-0.2, -0.15) is 0 Å². The fourth-order valence-electron chi connectivity index (χ4n) is 2.06. The fourth-order valence-corrected chi connectivity index (χ4v) is 2.06. The van der Waals surface area contributed by atoms with Crippen LogP contribution in [0.4, 0.5) is 0 Å². The summed E-state index contributed by atoms with van der Waals surface area (Å²) in [6.07, 6.45) is 3.68. The zero-order chi connectivity index (χ0) is 12.8. The first kappa shape index (κ1) is 14.0. The largest absolute Gasteiger partial charge is 0.341 e. The Morgan fingerprint density at radius 3 is 2.47 bits per heavy atom. The van der Waals surface area contributed by atoms with E-state index in [1.807, 2.05) is 11.8 Å². The summed E-state index contributed by atoms with van der Waals surface area (Å²) in [6.45, 7) is 3.78. The molecule has 0 radical (unpaired) electrons. The van der Waals surface area contributed by atoms with Crippen molar-refractivity contribution in [3.63, 3.8) is 0 Å². The Labute approximate surface area is 103 Å². The van der Waals surface area contributed by atoms with Gasteiger partial charge in [0.15, 0.2) is 0 Å². The molecular weight excluding hydrogens is 218 g/mol. The molecule has 1 saturated heterocycles. The van der Waals surface area contributed by atoms with Crippen LogP contribution >= 0.6 is 0 Å². The van der Waals surface area contributed by atoms with Crippen LogP contribution in [0, 0.1) is 0 Å². The van der Waals surface area contributed by atoms with Gasteiger partial charge in [0.1, 0.15) is 0 Å². The highest BCUT2D eigenvalue weighted by molar-refractivity contribution is 5.87. The van der Waals surface area contributed by atoms with Gasteiger partial charge in [-0.25, -0.2) is 0 Å². The van der Waals surface area contributed by atoms with Gasteiger partial charge in [-0.1, -0.05) is 13.3 Å². The Morgan fingerprint density at radius 2 is 1.94 bits per heavy atom. The third-order valence-corrected chi connectivity index (χ3v) is 3.12. The van der Waals surface area contributed by atoms with Crippen molar-refractivity contribution < 1.29 is 9.59 Å². The summed E-state index contributed by atoms with van der Waals surface area (Å²) in [5.41, 5.74) is 5.74. The Hall–Kier alpha value is -1.10. The lowest BCUT2D eigenvalue weighted by molar-refractivity contribution is -0.139. The smallest absolute Gasteiger partial charge is 0.242 e. The van der Waals surface area contributed by atoms with E-state index in [1.54, 1.807) is 7.05 Å². The SMILES string of the molecule is CCC[C@H](N)C(=O)N(C)CC(=O)N1CCCC1. The van der Waals surface area contributed by atoms with E-state index in [4.69, 9.17) is 5.73 Å². The molecular formula is C12H23N3O2. The van der Waals surface area contributed by atoms with Crippen molar-refractivity contribution in [1.29, 1.82) is 0 Å². The maximum absolute atomic E-state index is 11.8. The first-order valence-corrected chi connectivity index (χ1v) is 6.34. The molecule has 0 aliphatic carbocycles. The van der Waals surface area contributed by atoms with Gasteiger partial charge in [0.05, 0.1) is 12.6 Å². The molecule has 5 nitrogen and oxygen atoms in total. The predicted molar refractivity (Wildman–Crippen MR) is 66.3 cm³/mol. The van der Waals surface area contributed by atoms with Crippen LogP contribution in [-0.2, 0) is 9.59 Å². The lowest BCUT2D eigenvalue weighted by Crippen LogP contribution is -2.46. The number of likely N-dealkylation sites (N-methyl/N-ethyl adjacent to an activating group) is 1. The number of hydrogen-bond acceptors (Lipinski definition) is 3. The Bertz CT molecular complexity index is 275. The first-order valence-electron chi connectivity index (χ1n) is 6.34. The van der Waals surface area contributed by atoms with Gasteiger partial charge in [0.25, 0.3) is 0 Å². The van der Waals surface area contributed by atoms with Gasteiger partial charge >= 0.3 is 0 Å². The van der Waals surface area contributed by atoms with Crippen LogP contribution in [0.15, 0.2) is 0 Å². The van der Waals surface area contributed by atoms with Crippen LogP contribution in [0.25, 0.3) is 0 Å².